The van der Waals surface area contributed by atoms with Gasteiger partial charge in [-0.3, -0.25) is 4.79 Å². The molecule has 5 heteroatoms. The molecule has 0 radical (unpaired) electrons. The fourth-order valence-electron chi connectivity index (χ4n) is 2.23. The Kier molecular flexibility index (Phi) is 4.59. The van der Waals surface area contributed by atoms with E-state index in [1.807, 2.05) is 0 Å². The lowest BCUT2D eigenvalue weighted by Gasteiger charge is -2.36. The largest absolute Gasteiger partial charge is 0.618 e. The third-order valence-electron chi connectivity index (χ3n) is 4.70. The molecule has 0 aromatic heterocycles. The van der Waals surface area contributed by atoms with Crippen molar-refractivity contribution < 1.29 is 14.0 Å². The molecule has 0 saturated carbocycles. The average Bonchev–Trinajstić information content (AvgIpc) is 2.67. The summed E-state index contributed by atoms with van der Waals surface area (Å²) in [6, 6.07) is 6.97. The van der Waals surface area contributed by atoms with Gasteiger partial charge in [-0.1, -0.05) is 32.9 Å². The van der Waals surface area contributed by atoms with Crippen LogP contribution in [0.3, 0.4) is 0 Å². The average molecular weight is 319 g/mol. The van der Waals surface area contributed by atoms with Gasteiger partial charge in [0.25, 0.3) is 5.78 Å². The minimum Gasteiger partial charge on any atom is -0.618 e. The van der Waals surface area contributed by atoms with Crippen LogP contribution in [0.5, 0.6) is 0 Å². The SMILES string of the molecule is CC(C)(C)[Si](C)(C)OCCCC1=[N+]([O-])c2ccccc2C1=O. The Morgan fingerprint density at radius 1 is 1.23 bits per heavy atom. The fraction of sp³-hybridized carbons (Fsp3) is 0.529. The van der Waals surface area contributed by atoms with E-state index >= 15 is 0 Å². The number of carbonyl (C=O) groups excluding carboxylic acids is 1. The van der Waals surface area contributed by atoms with Crippen molar-refractivity contribution in [3.05, 3.63) is 35.0 Å². The van der Waals surface area contributed by atoms with Gasteiger partial charge in [-0.15, -0.1) is 0 Å². The number of para-hydroxylation sites is 1. The Balaban J connectivity index is 1.94. The second-order valence-electron chi connectivity index (χ2n) is 7.30. The topological polar surface area (TPSA) is 52.4 Å². The number of benzene rings is 1. The minimum atomic E-state index is -1.77. The van der Waals surface area contributed by atoms with Crippen molar-refractivity contribution in [3.63, 3.8) is 0 Å². The number of hydrogen-bond acceptors (Lipinski definition) is 3. The molecule has 2 rings (SSSR count). The summed E-state index contributed by atoms with van der Waals surface area (Å²) in [7, 11) is -1.77. The zero-order valence-corrected chi connectivity index (χ0v) is 15.1. The summed E-state index contributed by atoms with van der Waals surface area (Å²) in [5, 5.41) is 12.4. The predicted molar refractivity (Wildman–Crippen MR) is 91.4 cm³/mol. The zero-order chi connectivity index (χ0) is 16.5. The molecule has 4 nitrogen and oxygen atoms in total. The maximum atomic E-state index is 12.2. The van der Waals surface area contributed by atoms with Crippen molar-refractivity contribution in [1.82, 2.24) is 0 Å². The number of fused-ring (bicyclic) bond motifs is 1. The van der Waals surface area contributed by atoms with Gasteiger partial charge in [-0.25, -0.2) is 0 Å². The quantitative estimate of drug-likeness (QED) is 0.352. The first-order valence-electron chi connectivity index (χ1n) is 7.76. The number of nitrogens with zero attached hydrogens (tertiary/aromatic N) is 1. The van der Waals surface area contributed by atoms with Crippen LogP contribution in [0.15, 0.2) is 24.3 Å². The Morgan fingerprint density at radius 2 is 1.86 bits per heavy atom. The van der Waals surface area contributed by atoms with Crippen molar-refractivity contribution in [1.29, 1.82) is 0 Å². The lowest BCUT2D eigenvalue weighted by atomic mass is 10.1. The minimum absolute atomic E-state index is 0.141. The van der Waals surface area contributed by atoms with Crippen LogP contribution in [0.2, 0.25) is 18.1 Å². The first-order valence-corrected chi connectivity index (χ1v) is 10.7. The molecule has 0 fully saturated rings. The van der Waals surface area contributed by atoms with E-state index in [-0.39, 0.29) is 10.8 Å². The Labute approximate surface area is 133 Å². The summed E-state index contributed by atoms with van der Waals surface area (Å²) >= 11 is 0. The maximum Gasteiger partial charge on any atom is 0.260 e. The van der Waals surface area contributed by atoms with E-state index in [4.69, 9.17) is 4.43 Å². The van der Waals surface area contributed by atoms with Gasteiger partial charge >= 0.3 is 0 Å². The molecule has 0 spiro atoms. The van der Waals surface area contributed by atoms with Gasteiger partial charge in [0.2, 0.25) is 11.4 Å². The van der Waals surface area contributed by atoms with E-state index < -0.39 is 8.32 Å². The van der Waals surface area contributed by atoms with Gasteiger partial charge in [0, 0.05) is 19.1 Å². The summed E-state index contributed by atoms with van der Waals surface area (Å²) in [4.78, 5) is 12.2. The lowest BCUT2D eigenvalue weighted by molar-refractivity contribution is -0.357. The molecule has 0 aliphatic carbocycles. The Bertz CT molecular complexity index is 615. The van der Waals surface area contributed by atoms with Crippen LogP contribution in [0, 0.1) is 5.21 Å². The van der Waals surface area contributed by atoms with Gasteiger partial charge in [0.15, 0.2) is 8.32 Å². The highest BCUT2D eigenvalue weighted by molar-refractivity contribution is 6.74. The second kappa shape index (κ2) is 5.97. The van der Waals surface area contributed by atoms with Crippen LogP contribution in [-0.2, 0) is 4.43 Å². The number of carbonyl (C=O) groups is 1. The molecule has 120 valence electrons. The zero-order valence-electron chi connectivity index (χ0n) is 14.1. The molecule has 1 heterocycles. The summed E-state index contributed by atoms with van der Waals surface area (Å²) in [5.74, 6) is -0.141. The van der Waals surface area contributed by atoms with Crippen LogP contribution in [0.4, 0.5) is 5.69 Å². The van der Waals surface area contributed by atoms with E-state index in [0.29, 0.717) is 36.4 Å². The van der Waals surface area contributed by atoms with Crippen LogP contribution in [0.25, 0.3) is 0 Å². The molecule has 0 atom stereocenters. The molecule has 1 aromatic carbocycles. The van der Waals surface area contributed by atoms with Crippen LogP contribution in [-0.4, -0.2) is 31.2 Å². The number of rotatable bonds is 5. The van der Waals surface area contributed by atoms with E-state index in [9.17, 15) is 10.0 Å². The summed E-state index contributed by atoms with van der Waals surface area (Å²) < 4.78 is 6.88. The van der Waals surface area contributed by atoms with Crippen LogP contribution in [0.1, 0.15) is 44.0 Å². The number of hydrogen-bond donors (Lipinski definition) is 0. The highest BCUT2D eigenvalue weighted by atomic mass is 28.4. The van der Waals surface area contributed by atoms with Gasteiger partial charge in [0.1, 0.15) is 5.56 Å². The first kappa shape index (κ1) is 16.9. The molecule has 0 unspecified atom stereocenters. The van der Waals surface area contributed by atoms with Gasteiger partial charge < -0.3 is 9.63 Å². The lowest BCUT2D eigenvalue weighted by Crippen LogP contribution is -2.41. The monoisotopic (exact) mass is 319 g/mol. The van der Waals surface area contributed by atoms with Gasteiger partial charge in [-0.2, -0.15) is 4.74 Å². The van der Waals surface area contributed by atoms with E-state index in [0.717, 1.165) is 4.74 Å². The summed E-state index contributed by atoms with van der Waals surface area (Å²) in [6.45, 7) is 11.6. The Morgan fingerprint density at radius 3 is 2.45 bits per heavy atom. The molecule has 22 heavy (non-hydrogen) atoms. The van der Waals surface area contributed by atoms with Crippen molar-refractivity contribution in [3.8, 4) is 0 Å². The molecule has 1 aliphatic heterocycles. The number of ketones is 1. The van der Waals surface area contributed by atoms with Crippen LogP contribution >= 0.6 is 0 Å². The standard InChI is InChI=1S/C17H25NO3Si/c1-17(2,3)22(4,5)21-12-8-11-15-16(19)13-9-6-7-10-14(13)18(15)20/h6-7,9-10H,8,11-12H2,1-5H3. The van der Waals surface area contributed by atoms with Crippen LogP contribution < -0.4 is 0 Å². The number of Topliss-reactive ketones (excluding diaryl/α,β-unsaturated/α-hetero) is 1. The van der Waals surface area contributed by atoms with Gasteiger partial charge in [-0.05, 0) is 30.6 Å². The predicted octanol–water partition coefficient (Wildman–Crippen LogP) is 4.27. The van der Waals surface area contributed by atoms with Gasteiger partial charge in [0.05, 0.1) is 0 Å². The highest BCUT2D eigenvalue weighted by Gasteiger charge is 2.37. The molecular formula is C17H25NO3Si. The normalized spacial score (nSPS) is 15.4. The third-order valence-corrected chi connectivity index (χ3v) is 9.24. The highest BCUT2D eigenvalue weighted by Crippen LogP contribution is 2.36. The fourth-order valence-corrected chi connectivity index (χ4v) is 3.32. The molecule has 1 aromatic rings. The summed E-state index contributed by atoms with van der Waals surface area (Å²) in [6.07, 6.45) is 1.16. The molecule has 0 N–H and O–H groups in total. The summed E-state index contributed by atoms with van der Waals surface area (Å²) in [5.41, 5.74) is 1.31. The van der Waals surface area contributed by atoms with Crippen molar-refractivity contribution >= 4 is 25.5 Å². The Hall–Kier alpha value is -1.46. The smallest absolute Gasteiger partial charge is 0.260 e. The molecule has 0 bridgehead atoms. The van der Waals surface area contributed by atoms with E-state index in [2.05, 4.69) is 33.9 Å². The molecular weight excluding hydrogens is 294 g/mol. The molecule has 0 saturated heterocycles. The first-order chi connectivity index (χ1) is 10.1. The van der Waals surface area contributed by atoms with Crippen molar-refractivity contribution in [2.24, 2.45) is 0 Å². The molecule has 0 amide bonds. The molecule has 1 aliphatic rings. The van der Waals surface area contributed by atoms with E-state index in [1.165, 1.54) is 0 Å². The van der Waals surface area contributed by atoms with Crippen molar-refractivity contribution in [2.75, 3.05) is 6.61 Å². The third kappa shape index (κ3) is 3.15. The van der Waals surface area contributed by atoms with Crippen molar-refractivity contribution in [2.45, 2.75) is 51.7 Å². The van der Waals surface area contributed by atoms with E-state index in [1.54, 1.807) is 24.3 Å². The maximum absolute atomic E-state index is 12.2. The second-order valence-corrected chi connectivity index (χ2v) is 12.1.